The lowest BCUT2D eigenvalue weighted by Crippen LogP contribution is -2.25. The predicted molar refractivity (Wildman–Crippen MR) is 86.8 cm³/mol. The summed E-state index contributed by atoms with van der Waals surface area (Å²) in [7, 11) is 0. The highest BCUT2D eigenvalue weighted by Gasteiger charge is 2.26. The molecule has 0 atom stereocenters. The molecule has 1 fully saturated rings. The first-order valence-corrected chi connectivity index (χ1v) is 8.43. The molecule has 0 N–H and O–H groups in total. The number of anilines is 1. The van der Waals surface area contributed by atoms with E-state index in [4.69, 9.17) is 0 Å². The Hall–Kier alpha value is -1.74. The lowest BCUT2D eigenvalue weighted by molar-refractivity contribution is -0.117. The van der Waals surface area contributed by atoms with E-state index in [1.165, 1.54) is 21.6 Å². The number of carbonyl (C=O) groups excluding carboxylic acids is 1. The molecule has 0 bridgehead atoms. The Morgan fingerprint density at radius 3 is 2.71 bits per heavy atom. The number of fused-ring (bicyclic) bond motifs is 2. The van der Waals surface area contributed by atoms with Crippen LogP contribution < -0.4 is 4.90 Å². The molecule has 2 aromatic carbocycles. The monoisotopic (exact) mass is 295 g/mol. The van der Waals surface area contributed by atoms with Crippen LogP contribution in [0.5, 0.6) is 0 Å². The highest BCUT2D eigenvalue weighted by Crippen LogP contribution is 2.38. The summed E-state index contributed by atoms with van der Waals surface area (Å²) < 4.78 is 0. The van der Waals surface area contributed by atoms with Gasteiger partial charge in [0.1, 0.15) is 0 Å². The minimum Gasteiger partial charge on any atom is -0.312 e. The van der Waals surface area contributed by atoms with Crippen molar-refractivity contribution < 1.29 is 4.79 Å². The number of amides is 1. The average Bonchev–Trinajstić information content (AvgIpc) is 2.83. The van der Waals surface area contributed by atoms with Gasteiger partial charge < -0.3 is 4.90 Å². The van der Waals surface area contributed by atoms with Crippen LogP contribution in [0.25, 0.3) is 0 Å². The van der Waals surface area contributed by atoms with Crippen molar-refractivity contribution in [3.05, 3.63) is 59.2 Å². The molecule has 0 radical (unpaired) electrons. The van der Waals surface area contributed by atoms with Gasteiger partial charge in [-0.15, -0.1) is 11.8 Å². The Balaban J connectivity index is 1.78. The molecular formula is C18H17NOS. The molecular weight excluding hydrogens is 278 g/mol. The Labute approximate surface area is 129 Å². The van der Waals surface area contributed by atoms with Crippen molar-refractivity contribution in [1.82, 2.24) is 0 Å². The number of benzene rings is 2. The van der Waals surface area contributed by atoms with Crippen LogP contribution in [0.2, 0.25) is 0 Å². The zero-order valence-electron chi connectivity index (χ0n) is 11.8. The van der Waals surface area contributed by atoms with Gasteiger partial charge in [0.2, 0.25) is 5.91 Å². The van der Waals surface area contributed by atoms with E-state index >= 15 is 0 Å². The van der Waals surface area contributed by atoms with E-state index in [0.717, 1.165) is 30.8 Å². The minimum absolute atomic E-state index is 0.273. The molecule has 106 valence electrons. The summed E-state index contributed by atoms with van der Waals surface area (Å²) in [4.78, 5) is 15.4. The van der Waals surface area contributed by atoms with Crippen LogP contribution >= 0.6 is 11.8 Å². The largest absolute Gasteiger partial charge is 0.312 e. The highest BCUT2D eigenvalue weighted by molar-refractivity contribution is 7.98. The maximum Gasteiger partial charge on any atom is 0.227 e. The van der Waals surface area contributed by atoms with Gasteiger partial charge in [0.05, 0.1) is 0 Å². The lowest BCUT2D eigenvalue weighted by atomic mass is 9.99. The fraction of sp³-hybridized carbons (Fsp3) is 0.278. The minimum atomic E-state index is 0.273. The standard InChI is InChI=1S/C18H17NOS/c20-18-9-4-10-19(18)16-7-3-6-13-11-14-5-1-2-8-17(14)21-12-15(13)16/h1-3,5-8H,4,9-12H2. The van der Waals surface area contributed by atoms with Gasteiger partial charge in [-0.1, -0.05) is 30.3 Å². The molecule has 0 aliphatic carbocycles. The first-order chi connectivity index (χ1) is 10.3. The van der Waals surface area contributed by atoms with Crippen LogP contribution in [0.1, 0.15) is 29.5 Å². The number of hydrogen-bond donors (Lipinski definition) is 0. The summed E-state index contributed by atoms with van der Waals surface area (Å²) in [5.74, 6) is 1.22. The van der Waals surface area contributed by atoms with Crippen LogP contribution in [-0.2, 0) is 17.0 Å². The zero-order chi connectivity index (χ0) is 14.2. The lowest BCUT2D eigenvalue weighted by Gasteiger charge is -2.21. The van der Waals surface area contributed by atoms with E-state index in [-0.39, 0.29) is 5.91 Å². The van der Waals surface area contributed by atoms with Gasteiger partial charge in [0.25, 0.3) is 0 Å². The molecule has 2 aliphatic heterocycles. The summed E-state index contributed by atoms with van der Waals surface area (Å²) >= 11 is 1.89. The van der Waals surface area contributed by atoms with Crippen molar-refractivity contribution in [2.75, 3.05) is 11.4 Å². The van der Waals surface area contributed by atoms with Crippen LogP contribution in [0.15, 0.2) is 47.4 Å². The topological polar surface area (TPSA) is 20.3 Å². The molecule has 4 rings (SSSR count). The molecule has 0 unspecified atom stereocenters. The van der Waals surface area contributed by atoms with Gasteiger partial charge in [-0.2, -0.15) is 0 Å². The number of thioether (sulfide) groups is 1. The van der Waals surface area contributed by atoms with Crippen molar-refractivity contribution in [2.24, 2.45) is 0 Å². The van der Waals surface area contributed by atoms with Gasteiger partial charge in [0, 0.05) is 29.3 Å². The maximum atomic E-state index is 12.1. The number of nitrogens with zero attached hydrogens (tertiary/aromatic N) is 1. The number of rotatable bonds is 1. The van der Waals surface area contributed by atoms with E-state index in [9.17, 15) is 4.79 Å². The van der Waals surface area contributed by atoms with Crippen molar-refractivity contribution >= 4 is 23.4 Å². The van der Waals surface area contributed by atoms with Crippen LogP contribution in [0, 0.1) is 0 Å². The Bertz CT molecular complexity index is 710. The van der Waals surface area contributed by atoms with Gasteiger partial charge in [0.15, 0.2) is 0 Å². The molecule has 21 heavy (non-hydrogen) atoms. The van der Waals surface area contributed by atoms with E-state index < -0.39 is 0 Å². The molecule has 2 aliphatic rings. The third-order valence-corrected chi connectivity index (χ3v) is 5.48. The predicted octanol–water partition coefficient (Wildman–Crippen LogP) is 4.01. The van der Waals surface area contributed by atoms with Crippen LogP contribution in [0.3, 0.4) is 0 Å². The van der Waals surface area contributed by atoms with Crippen molar-refractivity contribution in [2.45, 2.75) is 29.9 Å². The molecule has 1 saturated heterocycles. The SMILES string of the molecule is O=C1CCCN1c1cccc2c1CSc1ccccc1C2. The Kier molecular flexibility index (Phi) is 3.23. The summed E-state index contributed by atoms with van der Waals surface area (Å²) in [6, 6.07) is 15.0. The second-order valence-electron chi connectivity index (χ2n) is 5.64. The summed E-state index contributed by atoms with van der Waals surface area (Å²) in [5, 5.41) is 0. The van der Waals surface area contributed by atoms with Gasteiger partial charge in [-0.25, -0.2) is 0 Å². The first-order valence-electron chi connectivity index (χ1n) is 7.45. The summed E-state index contributed by atoms with van der Waals surface area (Å²) in [6.45, 7) is 0.868. The summed E-state index contributed by atoms with van der Waals surface area (Å²) in [5.41, 5.74) is 5.24. The second-order valence-corrected chi connectivity index (χ2v) is 6.65. The molecule has 0 spiro atoms. The molecule has 1 amide bonds. The van der Waals surface area contributed by atoms with E-state index in [2.05, 4.69) is 42.5 Å². The molecule has 3 heteroatoms. The summed E-state index contributed by atoms with van der Waals surface area (Å²) in [6.07, 6.45) is 2.64. The molecule has 0 aromatic heterocycles. The van der Waals surface area contributed by atoms with Crippen LogP contribution in [0.4, 0.5) is 5.69 Å². The molecule has 2 aromatic rings. The zero-order valence-corrected chi connectivity index (χ0v) is 12.7. The Morgan fingerprint density at radius 2 is 1.86 bits per heavy atom. The van der Waals surface area contributed by atoms with Crippen LogP contribution in [-0.4, -0.2) is 12.5 Å². The maximum absolute atomic E-state index is 12.1. The smallest absolute Gasteiger partial charge is 0.227 e. The normalized spacial score (nSPS) is 17.3. The fourth-order valence-corrected chi connectivity index (χ4v) is 4.39. The van der Waals surface area contributed by atoms with Gasteiger partial charge >= 0.3 is 0 Å². The first kappa shape index (κ1) is 13.0. The second kappa shape index (κ2) is 5.23. The number of carbonyl (C=O) groups is 1. The highest BCUT2D eigenvalue weighted by atomic mass is 32.2. The quantitative estimate of drug-likeness (QED) is 0.792. The van der Waals surface area contributed by atoms with Gasteiger partial charge in [-0.05, 0) is 41.7 Å². The van der Waals surface area contributed by atoms with E-state index in [1.54, 1.807) is 0 Å². The van der Waals surface area contributed by atoms with E-state index in [0.29, 0.717) is 6.42 Å². The van der Waals surface area contributed by atoms with E-state index in [1.807, 2.05) is 16.7 Å². The molecule has 0 saturated carbocycles. The molecule has 2 heterocycles. The average molecular weight is 295 g/mol. The van der Waals surface area contributed by atoms with Crippen molar-refractivity contribution in [3.8, 4) is 0 Å². The van der Waals surface area contributed by atoms with Gasteiger partial charge in [-0.3, -0.25) is 4.79 Å². The molecule has 2 nitrogen and oxygen atoms in total. The number of hydrogen-bond acceptors (Lipinski definition) is 2. The third-order valence-electron chi connectivity index (χ3n) is 4.34. The van der Waals surface area contributed by atoms with Crippen molar-refractivity contribution in [3.63, 3.8) is 0 Å². The fourth-order valence-electron chi connectivity index (χ4n) is 3.25. The third kappa shape index (κ3) is 2.26. The van der Waals surface area contributed by atoms with Crippen molar-refractivity contribution in [1.29, 1.82) is 0 Å². The Morgan fingerprint density at radius 1 is 1.00 bits per heavy atom.